The van der Waals surface area contributed by atoms with Crippen molar-refractivity contribution in [3.05, 3.63) is 52.0 Å². The second-order valence-corrected chi connectivity index (χ2v) is 7.03. The van der Waals surface area contributed by atoms with Crippen LogP contribution in [0.1, 0.15) is 11.1 Å². The van der Waals surface area contributed by atoms with Crippen LogP contribution >= 0.6 is 27.7 Å². The van der Waals surface area contributed by atoms with E-state index in [4.69, 9.17) is 10.5 Å². The number of nitrogen functional groups attached to an aromatic ring is 1. The standard InChI is InChI=1S/C16H16BrNOS/c1-10-6-14(3-4-15(10)18)20-9-13-8-11-7-12(17)2-5-16(11)19-13/h2-7,13H,8-9,18H2,1H3. The van der Waals surface area contributed by atoms with E-state index in [9.17, 15) is 0 Å². The van der Waals surface area contributed by atoms with Crippen LogP contribution in [0.3, 0.4) is 0 Å². The van der Waals surface area contributed by atoms with Crippen molar-refractivity contribution in [2.45, 2.75) is 24.3 Å². The number of nitrogens with two attached hydrogens (primary N) is 1. The fourth-order valence-corrected chi connectivity index (χ4v) is 3.71. The van der Waals surface area contributed by atoms with Gasteiger partial charge in [-0.1, -0.05) is 15.9 Å². The topological polar surface area (TPSA) is 35.2 Å². The molecule has 0 saturated carbocycles. The van der Waals surface area contributed by atoms with Crippen LogP contribution in [0, 0.1) is 6.92 Å². The summed E-state index contributed by atoms with van der Waals surface area (Å²) in [7, 11) is 0. The smallest absolute Gasteiger partial charge is 0.123 e. The summed E-state index contributed by atoms with van der Waals surface area (Å²) in [6.45, 7) is 2.04. The number of hydrogen-bond donors (Lipinski definition) is 1. The molecule has 20 heavy (non-hydrogen) atoms. The number of halogens is 1. The summed E-state index contributed by atoms with van der Waals surface area (Å²) in [4.78, 5) is 1.25. The zero-order valence-electron chi connectivity index (χ0n) is 11.2. The number of aryl methyl sites for hydroxylation is 1. The lowest BCUT2D eigenvalue weighted by atomic mass is 10.1. The molecule has 0 radical (unpaired) electrons. The molecule has 1 aliphatic heterocycles. The van der Waals surface area contributed by atoms with E-state index in [0.29, 0.717) is 0 Å². The summed E-state index contributed by atoms with van der Waals surface area (Å²) in [5.41, 5.74) is 9.12. The maximum atomic E-state index is 5.97. The second-order valence-electron chi connectivity index (χ2n) is 5.03. The third kappa shape index (κ3) is 2.96. The molecule has 1 heterocycles. The van der Waals surface area contributed by atoms with Gasteiger partial charge in [-0.3, -0.25) is 0 Å². The molecule has 4 heteroatoms. The van der Waals surface area contributed by atoms with Crippen LogP contribution in [0.5, 0.6) is 5.75 Å². The molecule has 1 atom stereocenters. The quantitative estimate of drug-likeness (QED) is 0.657. The Kier molecular flexibility index (Phi) is 3.94. The first kappa shape index (κ1) is 13.8. The van der Waals surface area contributed by atoms with E-state index in [1.54, 1.807) is 0 Å². The molecule has 104 valence electrons. The van der Waals surface area contributed by atoms with Gasteiger partial charge in [-0.05, 0) is 54.4 Å². The summed E-state index contributed by atoms with van der Waals surface area (Å²) >= 11 is 5.33. The van der Waals surface area contributed by atoms with E-state index in [1.165, 1.54) is 10.5 Å². The molecule has 3 rings (SSSR count). The molecule has 2 nitrogen and oxygen atoms in total. The molecule has 0 aromatic heterocycles. The van der Waals surface area contributed by atoms with E-state index in [2.05, 4.69) is 34.1 Å². The first-order chi connectivity index (χ1) is 9.61. The van der Waals surface area contributed by atoms with Crippen molar-refractivity contribution in [1.29, 1.82) is 0 Å². The summed E-state index contributed by atoms with van der Waals surface area (Å²) in [5, 5.41) is 0. The van der Waals surface area contributed by atoms with Gasteiger partial charge in [0.2, 0.25) is 0 Å². The van der Waals surface area contributed by atoms with Crippen LogP contribution in [0.25, 0.3) is 0 Å². The first-order valence-electron chi connectivity index (χ1n) is 6.56. The zero-order valence-corrected chi connectivity index (χ0v) is 13.6. The van der Waals surface area contributed by atoms with Crippen molar-refractivity contribution < 1.29 is 4.74 Å². The molecular weight excluding hydrogens is 334 g/mol. The molecule has 0 spiro atoms. The third-order valence-corrected chi connectivity index (χ3v) is 5.06. The molecule has 0 saturated heterocycles. The van der Waals surface area contributed by atoms with Crippen LogP contribution in [-0.2, 0) is 6.42 Å². The number of anilines is 1. The Morgan fingerprint density at radius 3 is 2.95 bits per heavy atom. The predicted octanol–water partition coefficient (Wildman–Crippen LogP) is 4.44. The second kappa shape index (κ2) is 5.70. The van der Waals surface area contributed by atoms with Crippen LogP contribution in [0.15, 0.2) is 45.8 Å². The van der Waals surface area contributed by atoms with Crippen LogP contribution in [0.2, 0.25) is 0 Å². The molecule has 0 bridgehead atoms. The highest BCUT2D eigenvalue weighted by Crippen LogP contribution is 2.33. The Morgan fingerprint density at radius 2 is 2.15 bits per heavy atom. The van der Waals surface area contributed by atoms with Gasteiger partial charge in [-0.25, -0.2) is 0 Å². The molecule has 1 aliphatic rings. The van der Waals surface area contributed by atoms with Gasteiger partial charge in [0.1, 0.15) is 11.9 Å². The van der Waals surface area contributed by atoms with Gasteiger partial charge >= 0.3 is 0 Å². The minimum absolute atomic E-state index is 0.252. The number of benzene rings is 2. The fourth-order valence-electron chi connectivity index (χ4n) is 2.31. The van der Waals surface area contributed by atoms with E-state index in [1.807, 2.05) is 36.9 Å². The van der Waals surface area contributed by atoms with Crippen LogP contribution in [-0.4, -0.2) is 11.9 Å². The van der Waals surface area contributed by atoms with Crippen molar-refractivity contribution in [2.75, 3.05) is 11.5 Å². The predicted molar refractivity (Wildman–Crippen MR) is 88.6 cm³/mol. The van der Waals surface area contributed by atoms with Gasteiger partial charge in [-0.15, -0.1) is 11.8 Å². The van der Waals surface area contributed by atoms with Crippen molar-refractivity contribution >= 4 is 33.4 Å². The first-order valence-corrected chi connectivity index (χ1v) is 8.33. The third-order valence-electron chi connectivity index (χ3n) is 3.44. The zero-order chi connectivity index (χ0) is 14.1. The maximum Gasteiger partial charge on any atom is 0.123 e. The molecule has 2 N–H and O–H groups in total. The monoisotopic (exact) mass is 349 g/mol. The summed E-state index contributed by atoms with van der Waals surface area (Å²) in [5.74, 6) is 1.97. The van der Waals surface area contributed by atoms with Gasteiger partial charge in [0.15, 0.2) is 0 Å². The van der Waals surface area contributed by atoms with Crippen LogP contribution in [0.4, 0.5) is 5.69 Å². The van der Waals surface area contributed by atoms with Gasteiger partial charge in [0, 0.05) is 27.2 Å². The Balaban J connectivity index is 1.62. The number of ether oxygens (including phenoxy) is 1. The average molecular weight is 350 g/mol. The lowest BCUT2D eigenvalue weighted by Crippen LogP contribution is -2.15. The normalized spacial score (nSPS) is 16.8. The average Bonchev–Trinajstić information content (AvgIpc) is 2.82. The van der Waals surface area contributed by atoms with Gasteiger partial charge in [-0.2, -0.15) is 0 Å². The molecule has 2 aromatic rings. The Morgan fingerprint density at radius 1 is 1.30 bits per heavy atom. The molecule has 0 amide bonds. The minimum atomic E-state index is 0.252. The summed E-state index contributed by atoms with van der Waals surface area (Å²) < 4.78 is 7.08. The number of hydrogen-bond acceptors (Lipinski definition) is 3. The van der Waals surface area contributed by atoms with Gasteiger partial charge in [0.05, 0.1) is 0 Å². The van der Waals surface area contributed by atoms with Crippen molar-refractivity contribution in [1.82, 2.24) is 0 Å². The molecule has 0 aliphatic carbocycles. The molecule has 2 aromatic carbocycles. The minimum Gasteiger partial charge on any atom is -0.489 e. The molecule has 1 unspecified atom stereocenters. The Bertz CT molecular complexity index is 644. The summed E-state index contributed by atoms with van der Waals surface area (Å²) in [6.07, 6.45) is 1.23. The summed E-state index contributed by atoms with van der Waals surface area (Å²) in [6, 6.07) is 12.4. The SMILES string of the molecule is Cc1cc(SCC2Cc3cc(Br)ccc3O2)ccc1N. The fraction of sp³-hybridized carbons (Fsp3) is 0.250. The van der Waals surface area contributed by atoms with Gasteiger partial charge in [0.25, 0.3) is 0 Å². The highest BCUT2D eigenvalue weighted by Gasteiger charge is 2.22. The van der Waals surface area contributed by atoms with Gasteiger partial charge < -0.3 is 10.5 Å². The highest BCUT2D eigenvalue weighted by atomic mass is 79.9. The van der Waals surface area contributed by atoms with E-state index < -0.39 is 0 Å². The number of rotatable bonds is 3. The Labute approximate surface area is 131 Å². The van der Waals surface area contributed by atoms with E-state index in [0.717, 1.165) is 33.6 Å². The van der Waals surface area contributed by atoms with E-state index in [-0.39, 0.29) is 6.10 Å². The van der Waals surface area contributed by atoms with E-state index >= 15 is 0 Å². The number of fused-ring (bicyclic) bond motifs is 1. The lowest BCUT2D eigenvalue weighted by molar-refractivity contribution is 0.259. The van der Waals surface area contributed by atoms with Crippen molar-refractivity contribution in [3.63, 3.8) is 0 Å². The van der Waals surface area contributed by atoms with Crippen LogP contribution < -0.4 is 10.5 Å². The largest absolute Gasteiger partial charge is 0.489 e. The van der Waals surface area contributed by atoms with Crippen molar-refractivity contribution in [3.8, 4) is 5.75 Å². The Hall–Kier alpha value is -1.13. The maximum absolute atomic E-state index is 5.97. The molecule has 0 fully saturated rings. The highest BCUT2D eigenvalue weighted by molar-refractivity contribution is 9.10. The number of thioether (sulfide) groups is 1. The lowest BCUT2D eigenvalue weighted by Gasteiger charge is -2.11. The van der Waals surface area contributed by atoms with Crippen molar-refractivity contribution in [2.24, 2.45) is 0 Å². The molecular formula is C16H16BrNOS.